The minimum absolute atomic E-state index is 0.00983. The first-order valence-electron chi connectivity index (χ1n) is 7.10. The fraction of sp³-hybridized carbons (Fsp3) is 0.125. The molecule has 0 heterocycles. The third-order valence-electron chi connectivity index (χ3n) is 3.27. The van der Waals surface area contributed by atoms with Crippen LogP contribution >= 0.6 is 15.9 Å². The van der Waals surface area contributed by atoms with E-state index in [0.29, 0.717) is 5.56 Å². The monoisotopic (exact) mass is 425 g/mol. The average Bonchev–Trinajstić information content (AvgIpc) is 2.60. The summed E-state index contributed by atoms with van der Waals surface area (Å²) in [6, 6.07) is 12.1. The Balaban J connectivity index is 2.09. The first kappa shape index (κ1) is 19.1. The number of carbonyl (C=O) groups excluding carboxylic acids is 2. The van der Waals surface area contributed by atoms with Crippen LogP contribution in [0, 0.1) is 0 Å². The second-order valence-corrected chi connectivity index (χ2v) is 8.30. The van der Waals surface area contributed by atoms with Gasteiger partial charge in [0.15, 0.2) is 0 Å². The van der Waals surface area contributed by atoms with Crippen molar-refractivity contribution in [1.82, 2.24) is 15.2 Å². The summed E-state index contributed by atoms with van der Waals surface area (Å²) in [6.45, 7) is 0. The normalized spacial score (nSPS) is 11.2. The molecule has 7 nitrogen and oxygen atoms in total. The molecule has 0 saturated heterocycles. The van der Waals surface area contributed by atoms with E-state index >= 15 is 0 Å². The third kappa shape index (κ3) is 4.65. The molecule has 2 rings (SSSR count). The molecule has 2 N–H and O–H groups in total. The fourth-order valence-electron chi connectivity index (χ4n) is 1.87. The number of rotatable bonds is 4. The lowest BCUT2D eigenvalue weighted by Gasteiger charge is -2.12. The van der Waals surface area contributed by atoms with Crippen LogP contribution < -0.4 is 10.9 Å². The van der Waals surface area contributed by atoms with E-state index in [-0.39, 0.29) is 10.5 Å². The van der Waals surface area contributed by atoms with Crippen LogP contribution in [0.4, 0.5) is 0 Å². The molecule has 2 aromatic rings. The summed E-state index contributed by atoms with van der Waals surface area (Å²) in [5, 5.41) is 0. The van der Waals surface area contributed by atoms with Crippen LogP contribution in [-0.2, 0) is 10.0 Å². The molecule has 0 saturated carbocycles. The Kier molecular flexibility index (Phi) is 5.93. The number of amides is 2. The summed E-state index contributed by atoms with van der Waals surface area (Å²) in [5.41, 5.74) is 5.02. The van der Waals surface area contributed by atoms with E-state index in [9.17, 15) is 18.0 Å². The number of carbonyl (C=O) groups is 2. The molecule has 0 unspecified atom stereocenters. The zero-order valence-corrected chi connectivity index (χ0v) is 15.9. The van der Waals surface area contributed by atoms with E-state index in [4.69, 9.17) is 0 Å². The highest BCUT2D eigenvalue weighted by atomic mass is 79.9. The molecule has 9 heteroatoms. The Morgan fingerprint density at radius 1 is 0.920 bits per heavy atom. The van der Waals surface area contributed by atoms with Gasteiger partial charge in [-0.1, -0.05) is 22.0 Å². The van der Waals surface area contributed by atoms with Gasteiger partial charge in [-0.3, -0.25) is 20.4 Å². The Morgan fingerprint density at radius 3 is 2.04 bits per heavy atom. The number of hydrogen-bond donors (Lipinski definition) is 2. The van der Waals surface area contributed by atoms with Crippen LogP contribution in [0.3, 0.4) is 0 Å². The second-order valence-electron chi connectivity index (χ2n) is 5.23. The summed E-state index contributed by atoms with van der Waals surface area (Å²) in [6.07, 6.45) is 0. The van der Waals surface area contributed by atoms with Crippen molar-refractivity contribution >= 4 is 37.8 Å². The maximum atomic E-state index is 12.1. The largest absolute Gasteiger partial charge is 0.269 e. The first-order chi connectivity index (χ1) is 11.7. The number of nitrogens with zero attached hydrogens (tertiary/aromatic N) is 1. The van der Waals surface area contributed by atoms with Crippen LogP contribution in [0.2, 0.25) is 0 Å². The Bertz CT molecular complexity index is 896. The van der Waals surface area contributed by atoms with Crippen LogP contribution in [0.25, 0.3) is 0 Å². The van der Waals surface area contributed by atoms with Gasteiger partial charge in [-0.15, -0.1) is 0 Å². The van der Waals surface area contributed by atoms with Gasteiger partial charge >= 0.3 is 0 Å². The first-order valence-corrected chi connectivity index (χ1v) is 9.34. The maximum Gasteiger partial charge on any atom is 0.269 e. The highest BCUT2D eigenvalue weighted by Crippen LogP contribution is 2.15. The number of hydrazine groups is 1. The van der Waals surface area contributed by atoms with Crippen LogP contribution in [0.15, 0.2) is 57.9 Å². The molecule has 0 atom stereocenters. The van der Waals surface area contributed by atoms with Gasteiger partial charge in [-0.05, 0) is 42.5 Å². The van der Waals surface area contributed by atoms with Gasteiger partial charge in [-0.2, -0.15) is 0 Å². The lowest BCUT2D eigenvalue weighted by atomic mass is 10.2. The van der Waals surface area contributed by atoms with Crippen LogP contribution in [0.5, 0.6) is 0 Å². The van der Waals surface area contributed by atoms with Crippen molar-refractivity contribution in [2.24, 2.45) is 0 Å². The van der Waals surface area contributed by atoms with E-state index in [2.05, 4.69) is 26.8 Å². The molecule has 0 radical (unpaired) electrons. The van der Waals surface area contributed by atoms with Crippen LogP contribution in [0.1, 0.15) is 20.7 Å². The van der Waals surface area contributed by atoms with Gasteiger partial charge in [-0.25, -0.2) is 12.7 Å². The minimum atomic E-state index is -3.65. The fourth-order valence-corrected chi connectivity index (χ4v) is 3.08. The minimum Gasteiger partial charge on any atom is -0.267 e. The smallest absolute Gasteiger partial charge is 0.267 e. The van der Waals surface area contributed by atoms with E-state index in [1.807, 2.05) is 0 Å². The van der Waals surface area contributed by atoms with Gasteiger partial charge < -0.3 is 0 Å². The van der Waals surface area contributed by atoms with Crippen molar-refractivity contribution in [2.75, 3.05) is 14.1 Å². The summed E-state index contributed by atoms with van der Waals surface area (Å²) in [7, 11) is -0.843. The maximum absolute atomic E-state index is 12.1. The van der Waals surface area contributed by atoms with Gasteiger partial charge in [0.25, 0.3) is 11.8 Å². The van der Waals surface area contributed by atoms with Crippen molar-refractivity contribution < 1.29 is 18.0 Å². The standard InChI is InChI=1S/C16H16BrN3O4S/c1-20(2)25(23,24)14-5-3-4-12(10-14)16(22)19-18-15(21)11-6-8-13(17)9-7-11/h3-10H,1-2H3,(H,18,21)(H,19,22). The molecule has 0 spiro atoms. The number of halogens is 1. The quantitative estimate of drug-likeness (QED) is 0.729. The van der Waals surface area contributed by atoms with Gasteiger partial charge in [0.1, 0.15) is 0 Å². The number of sulfonamides is 1. The van der Waals surface area contributed by atoms with E-state index < -0.39 is 21.8 Å². The summed E-state index contributed by atoms with van der Waals surface area (Å²) in [4.78, 5) is 24.1. The van der Waals surface area contributed by atoms with Gasteiger partial charge in [0.05, 0.1) is 4.90 Å². The van der Waals surface area contributed by atoms with Crippen molar-refractivity contribution in [3.8, 4) is 0 Å². The second kappa shape index (κ2) is 7.77. The zero-order chi connectivity index (χ0) is 18.6. The van der Waals surface area contributed by atoms with Crippen molar-refractivity contribution in [1.29, 1.82) is 0 Å². The van der Waals surface area contributed by atoms with E-state index in [1.54, 1.807) is 24.3 Å². The predicted molar refractivity (Wildman–Crippen MR) is 96.4 cm³/mol. The summed E-state index contributed by atoms with van der Waals surface area (Å²) in [5.74, 6) is -1.11. The molecular weight excluding hydrogens is 410 g/mol. The molecule has 0 aliphatic rings. The molecule has 132 valence electrons. The Hall–Kier alpha value is -2.23. The van der Waals surface area contributed by atoms with Crippen LogP contribution in [-0.4, -0.2) is 38.6 Å². The lowest BCUT2D eigenvalue weighted by molar-refractivity contribution is 0.0846. The molecule has 25 heavy (non-hydrogen) atoms. The molecule has 0 aliphatic carbocycles. The number of nitrogens with one attached hydrogen (secondary N) is 2. The highest BCUT2D eigenvalue weighted by Gasteiger charge is 2.19. The topological polar surface area (TPSA) is 95.6 Å². The molecule has 0 aromatic heterocycles. The summed E-state index contributed by atoms with van der Waals surface area (Å²) >= 11 is 3.27. The van der Waals surface area contributed by atoms with Crippen molar-refractivity contribution in [3.05, 3.63) is 64.1 Å². The number of hydrogen-bond acceptors (Lipinski definition) is 4. The Morgan fingerprint density at radius 2 is 1.48 bits per heavy atom. The lowest BCUT2D eigenvalue weighted by Crippen LogP contribution is -2.41. The number of benzene rings is 2. The third-order valence-corrected chi connectivity index (χ3v) is 5.61. The van der Waals surface area contributed by atoms with E-state index in [1.165, 1.54) is 38.4 Å². The van der Waals surface area contributed by atoms with Crippen molar-refractivity contribution in [2.45, 2.75) is 4.90 Å². The average molecular weight is 426 g/mol. The molecular formula is C16H16BrN3O4S. The molecule has 0 bridgehead atoms. The zero-order valence-electron chi connectivity index (χ0n) is 13.5. The molecule has 2 aromatic carbocycles. The summed E-state index contributed by atoms with van der Waals surface area (Å²) < 4.78 is 26.1. The van der Waals surface area contributed by atoms with E-state index in [0.717, 1.165) is 8.78 Å². The van der Waals surface area contributed by atoms with Gasteiger partial charge in [0.2, 0.25) is 10.0 Å². The molecule has 2 amide bonds. The predicted octanol–water partition coefficient (Wildman–Crippen LogP) is 1.77. The SMILES string of the molecule is CN(C)S(=O)(=O)c1cccc(C(=O)NNC(=O)c2ccc(Br)cc2)c1. The van der Waals surface area contributed by atoms with Crippen molar-refractivity contribution in [3.63, 3.8) is 0 Å². The Labute approximate surface area is 154 Å². The molecule has 0 aliphatic heterocycles. The molecule has 0 fully saturated rings. The van der Waals surface area contributed by atoms with Gasteiger partial charge in [0, 0.05) is 29.7 Å². The highest BCUT2D eigenvalue weighted by molar-refractivity contribution is 9.10.